The summed E-state index contributed by atoms with van der Waals surface area (Å²) in [5.41, 5.74) is 0.0215. The van der Waals surface area contributed by atoms with Gasteiger partial charge in [0.15, 0.2) is 11.1 Å². The average molecular weight is 189 g/mol. The largest absolute Gasteiger partial charge is 1.00 e. The zero-order valence-corrected chi connectivity index (χ0v) is 8.89. The molecule has 0 N–H and O–H groups in total. The number of hydrogen-bond acceptors (Lipinski definition) is 5. The minimum absolute atomic E-state index is 0. The molecule has 0 fully saturated rings. The molecule has 13 heavy (non-hydrogen) atoms. The number of carboxylic acids is 1. The summed E-state index contributed by atoms with van der Waals surface area (Å²) < 4.78 is 0. The molecule has 1 aromatic carbocycles. The first kappa shape index (κ1) is 12.1. The van der Waals surface area contributed by atoms with Gasteiger partial charge in [0.2, 0.25) is 0 Å². The topological polar surface area (TPSA) is 78.8 Å². The molecule has 0 aromatic heterocycles. The molecule has 0 aliphatic carbocycles. The number of hydrogen-bond donors (Lipinski definition) is 0. The monoisotopic (exact) mass is 189 g/mol. The first-order valence-electron chi connectivity index (χ1n) is 3.05. The van der Waals surface area contributed by atoms with Gasteiger partial charge in [-0.2, -0.15) is 0 Å². The second-order valence-corrected chi connectivity index (χ2v) is 1.98. The Labute approximate surface area is 95.9 Å². The van der Waals surface area contributed by atoms with Gasteiger partial charge in [-0.3, -0.25) is 0 Å². The Hall–Kier alpha value is -0.910. The van der Waals surface area contributed by atoms with Crippen molar-refractivity contribution >= 4 is 5.97 Å². The van der Waals surface area contributed by atoms with Crippen molar-refractivity contribution in [3.63, 3.8) is 0 Å². The third-order valence-electron chi connectivity index (χ3n) is 1.23. The van der Waals surface area contributed by atoms with Crippen molar-refractivity contribution in [3.8, 4) is 5.75 Å². The van der Waals surface area contributed by atoms with E-state index in [-0.39, 0.29) is 40.9 Å². The molecule has 0 aliphatic rings. The van der Waals surface area contributed by atoms with Crippen molar-refractivity contribution in [1.82, 2.24) is 0 Å². The van der Waals surface area contributed by atoms with E-state index in [9.17, 15) is 14.8 Å². The SMILES string of the molecule is O=NOc1ccc(C(=O)[O-])cc1.[Na+]. The molecule has 0 amide bonds. The molecule has 1 rings (SSSR count). The molecule has 0 aliphatic heterocycles. The molecular weight excluding hydrogens is 185 g/mol. The maximum atomic E-state index is 10.2. The molecule has 0 saturated carbocycles. The summed E-state index contributed by atoms with van der Waals surface area (Å²) in [7, 11) is 0. The molecule has 5 nitrogen and oxygen atoms in total. The fourth-order valence-corrected chi connectivity index (χ4v) is 0.695. The molecule has 6 heteroatoms. The van der Waals surface area contributed by atoms with Crippen LogP contribution < -0.4 is 39.5 Å². The van der Waals surface area contributed by atoms with Crippen molar-refractivity contribution in [1.29, 1.82) is 0 Å². The van der Waals surface area contributed by atoms with Crippen LogP contribution >= 0.6 is 0 Å². The van der Waals surface area contributed by atoms with Crippen molar-refractivity contribution in [2.75, 3.05) is 0 Å². The summed E-state index contributed by atoms with van der Waals surface area (Å²) in [5, 5.41) is 12.4. The molecule has 0 spiro atoms. The number of carbonyl (C=O) groups is 1. The number of rotatable bonds is 3. The maximum absolute atomic E-state index is 10.2. The van der Waals surface area contributed by atoms with E-state index in [0.29, 0.717) is 0 Å². The van der Waals surface area contributed by atoms with Gasteiger partial charge < -0.3 is 14.7 Å². The Morgan fingerprint density at radius 3 is 2.23 bits per heavy atom. The molecule has 0 unspecified atom stereocenters. The predicted molar refractivity (Wildman–Crippen MR) is 37.2 cm³/mol. The normalized spacial score (nSPS) is 8.31. The van der Waals surface area contributed by atoms with Crippen LogP contribution in [-0.2, 0) is 0 Å². The Morgan fingerprint density at radius 1 is 1.31 bits per heavy atom. The Kier molecular flexibility index (Phi) is 5.29. The number of nitrogens with zero attached hydrogens (tertiary/aromatic N) is 1. The van der Waals surface area contributed by atoms with E-state index in [1.165, 1.54) is 24.3 Å². The van der Waals surface area contributed by atoms with E-state index >= 15 is 0 Å². The van der Waals surface area contributed by atoms with E-state index in [4.69, 9.17) is 0 Å². The molecular formula is C7H4NNaO4. The van der Waals surface area contributed by atoms with Crippen LogP contribution in [0.3, 0.4) is 0 Å². The first-order valence-corrected chi connectivity index (χ1v) is 3.05. The zero-order valence-electron chi connectivity index (χ0n) is 6.89. The van der Waals surface area contributed by atoms with Crippen LogP contribution in [0, 0.1) is 4.91 Å². The second-order valence-electron chi connectivity index (χ2n) is 1.98. The van der Waals surface area contributed by atoms with E-state index in [2.05, 4.69) is 10.2 Å². The fourth-order valence-electron chi connectivity index (χ4n) is 0.695. The summed E-state index contributed by atoms with van der Waals surface area (Å²) in [6.45, 7) is 0. The van der Waals surface area contributed by atoms with Crippen molar-refractivity contribution < 1.29 is 44.3 Å². The van der Waals surface area contributed by atoms with Crippen LogP contribution in [0.5, 0.6) is 5.75 Å². The first-order chi connectivity index (χ1) is 5.74. The average Bonchev–Trinajstić information content (AvgIpc) is 2.06. The molecule has 0 radical (unpaired) electrons. The molecule has 0 heterocycles. The van der Waals surface area contributed by atoms with Crippen LogP contribution in [0.2, 0.25) is 0 Å². The summed E-state index contributed by atoms with van der Waals surface area (Å²) in [4.78, 5) is 24.0. The summed E-state index contributed by atoms with van der Waals surface area (Å²) in [6, 6.07) is 5.14. The summed E-state index contributed by atoms with van der Waals surface area (Å²) >= 11 is 0. The number of carboxylic acid groups (broad SMARTS) is 1. The number of aromatic carboxylic acids is 1. The van der Waals surface area contributed by atoms with Crippen LogP contribution in [0.15, 0.2) is 29.6 Å². The quantitative estimate of drug-likeness (QED) is 0.290. The molecule has 0 bridgehead atoms. The zero-order chi connectivity index (χ0) is 8.97. The van der Waals surface area contributed by atoms with Crippen LogP contribution in [-0.4, -0.2) is 5.97 Å². The fraction of sp³-hybridized carbons (Fsp3) is 0. The van der Waals surface area contributed by atoms with Gasteiger partial charge >= 0.3 is 29.6 Å². The summed E-state index contributed by atoms with van der Waals surface area (Å²) in [6.07, 6.45) is 0. The van der Waals surface area contributed by atoms with Gasteiger partial charge in [-0.25, -0.2) is 0 Å². The van der Waals surface area contributed by atoms with Gasteiger partial charge in [0.1, 0.15) is 0 Å². The summed E-state index contributed by atoms with van der Waals surface area (Å²) in [5.74, 6) is -1.09. The van der Waals surface area contributed by atoms with Crippen LogP contribution in [0.4, 0.5) is 0 Å². The van der Waals surface area contributed by atoms with Gasteiger partial charge in [-0.05, 0) is 29.8 Å². The van der Waals surface area contributed by atoms with E-state index in [1.807, 2.05) is 0 Å². The minimum Gasteiger partial charge on any atom is -0.545 e. The molecule has 1 aromatic rings. The number of benzene rings is 1. The number of carbonyl (C=O) groups excluding carboxylic acids is 1. The third-order valence-corrected chi connectivity index (χ3v) is 1.23. The molecule has 62 valence electrons. The van der Waals surface area contributed by atoms with E-state index in [1.54, 1.807) is 0 Å². The molecule has 0 saturated heterocycles. The predicted octanol–water partition coefficient (Wildman–Crippen LogP) is -2.89. The van der Waals surface area contributed by atoms with Gasteiger partial charge in [-0.1, -0.05) is 0 Å². The third kappa shape index (κ3) is 3.54. The van der Waals surface area contributed by atoms with Crippen molar-refractivity contribution in [3.05, 3.63) is 34.7 Å². The smallest absolute Gasteiger partial charge is 0.545 e. The van der Waals surface area contributed by atoms with E-state index in [0.717, 1.165) is 0 Å². The second kappa shape index (κ2) is 5.69. The maximum Gasteiger partial charge on any atom is 1.00 e. The van der Waals surface area contributed by atoms with E-state index < -0.39 is 5.97 Å². The standard InChI is InChI=1S/C7H5NO4.Na/c9-7(10)5-1-3-6(4-2-5)12-8-11;/h1-4H,(H,9,10);/q;+1/p-1. The minimum atomic E-state index is -1.28. The van der Waals surface area contributed by atoms with Gasteiger partial charge in [0, 0.05) is 0 Å². The van der Waals surface area contributed by atoms with Crippen molar-refractivity contribution in [2.24, 2.45) is 5.34 Å². The Morgan fingerprint density at radius 2 is 1.85 bits per heavy atom. The van der Waals surface area contributed by atoms with Gasteiger partial charge in [0.05, 0.1) is 5.97 Å². The Balaban J connectivity index is 0.00000144. The van der Waals surface area contributed by atoms with Crippen molar-refractivity contribution in [2.45, 2.75) is 0 Å². The van der Waals surface area contributed by atoms with Gasteiger partial charge in [0.25, 0.3) is 0 Å². The van der Waals surface area contributed by atoms with Gasteiger partial charge in [-0.15, -0.1) is 4.91 Å². The van der Waals surface area contributed by atoms with Crippen LogP contribution in [0.25, 0.3) is 0 Å². The molecule has 0 atom stereocenters. The van der Waals surface area contributed by atoms with Crippen LogP contribution in [0.1, 0.15) is 10.4 Å². The Bertz CT molecular complexity index is 298.